The van der Waals surface area contributed by atoms with Gasteiger partial charge in [-0.05, 0) is 44.9 Å². The number of hydrogen-bond donors (Lipinski definition) is 0. The molecule has 1 aliphatic rings. The largest absolute Gasteiger partial charge is 0.352 e. The molecule has 0 spiro atoms. The Labute approximate surface area is 170 Å². The van der Waals surface area contributed by atoms with Gasteiger partial charge in [0.1, 0.15) is 6.23 Å². The van der Waals surface area contributed by atoms with Gasteiger partial charge in [0.05, 0.1) is 16.7 Å². The van der Waals surface area contributed by atoms with E-state index in [0.29, 0.717) is 17.5 Å². The number of nitrogens with zero attached hydrogens (tertiary/aromatic N) is 1. The molecule has 6 heteroatoms. The number of nitrogens with one attached hydrogen (secondary N) is 1. The zero-order chi connectivity index (χ0) is 21.2. The Balaban J connectivity index is 1.90. The summed E-state index contributed by atoms with van der Waals surface area (Å²) in [6.45, 7) is 5.48. The molecule has 6 nitrogen and oxygen atoms in total. The van der Waals surface area contributed by atoms with Crippen molar-refractivity contribution in [2.75, 3.05) is 0 Å². The molecule has 0 saturated carbocycles. The molecule has 0 saturated heterocycles. The van der Waals surface area contributed by atoms with Gasteiger partial charge in [-0.1, -0.05) is 42.5 Å². The van der Waals surface area contributed by atoms with Crippen molar-refractivity contribution in [2.45, 2.75) is 45.4 Å². The summed E-state index contributed by atoms with van der Waals surface area (Å²) in [4.78, 5) is 39.0. The molecule has 3 amide bonds. The van der Waals surface area contributed by atoms with Crippen LogP contribution in [-0.4, -0.2) is 34.5 Å². The highest BCUT2D eigenvalue weighted by atomic mass is 16.5. The van der Waals surface area contributed by atoms with E-state index in [0.717, 1.165) is 10.5 Å². The van der Waals surface area contributed by atoms with Gasteiger partial charge < -0.3 is 4.74 Å². The van der Waals surface area contributed by atoms with Crippen molar-refractivity contribution in [3.63, 3.8) is 0 Å². The molecule has 2 atom stereocenters. The van der Waals surface area contributed by atoms with Crippen molar-refractivity contribution in [1.82, 2.24) is 10.6 Å². The fourth-order valence-corrected chi connectivity index (χ4v) is 3.51. The van der Waals surface area contributed by atoms with Crippen molar-refractivity contribution in [1.29, 1.82) is 0 Å². The Morgan fingerprint density at radius 2 is 1.48 bits per heavy atom. The first kappa shape index (κ1) is 20.7. The van der Waals surface area contributed by atoms with Gasteiger partial charge in [-0.2, -0.15) is 0 Å². The van der Waals surface area contributed by atoms with E-state index >= 15 is 0 Å². The summed E-state index contributed by atoms with van der Waals surface area (Å²) in [6, 6.07) is 16.0. The van der Waals surface area contributed by atoms with Gasteiger partial charge in [-0.3, -0.25) is 20.1 Å². The van der Waals surface area contributed by atoms with Crippen LogP contribution in [0.15, 0.2) is 54.6 Å². The number of hydrogen-bond acceptors (Lipinski definition) is 4. The second-order valence-corrected chi connectivity index (χ2v) is 8.20. The highest BCUT2D eigenvalue weighted by Gasteiger charge is 2.42. The quantitative estimate of drug-likeness (QED) is 0.674. The van der Waals surface area contributed by atoms with Crippen molar-refractivity contribution < 1.29 is 19.1 Å². The van der Waals surface area contributed by atoms with Gasteiger partial charge in [0, 0.05) is 12.3 Å². The van der Waals surface area contributed by atoms with Gasteiger partial charge in [-0.15, -0.1) is 0 Å². The molecule has 2 aromatic rings. The topological polar surface area (TPSA) is 87.5 Å². The highest BCUT2D eigenvalue weighted by molar-refractivity contribution is 6.21. The van der Waals surface area contributed by atoms with Gasteiger partial charge in [0.2, 0.25) is 5.91 Å². The van der Waals surface area contributed by atoms with E-state index in [1.807, 2.05) is 51.1 Å². The number of amides is 3. The molecule has 0 aliphatic carbocycles. The van der Waals surface area contributed by atoms with Gasteiger partial charge in [0.15, 0.2) is 0 Å². The van der Waals surface area contributed by atoms with Crippen LogP contribution in [0.2, 0.25) is 0 Å². The number of carbonyl (C=O) groups is 3. The average Bonchev–Trinajstić information content (AvgIpc) is 2.91. The van der Waals surface area contributed by atoms with E-state index in [1.165, 1.54) is 0 Å². The maximum Gasteiger partial charge on any atom is 0.263 e. The molecule has 0 fully saturated rings. The van der Waals surface area contributed by atoms with Crippen LogP contribution in [0, 0.1) is 5.92 Å². The Morgan fingerprint density at radius 1 is 0.966 bits per heavy atom. The lowest BCUT2D eigenvalue weighted by molar-refractivity contribution is -0.133. The maximum absolute atomic E-state index is 12.9. The predicted octanol–water partition coefficient (Wildman–Crippen LogP) is 3.48. The molecule has 2 aromatic carbocycles. The van der Waals surface area contributed by atoms with Crippen LogP contribution in [0.1, 0.15) is 53.5 Å². The minimum Gasteiger partial charge on any atom is -0.352 e. The lowest BCUT2D eigenvalue weighted by atomic mass is 9.94. The van der Waals surface area contributed by atoms with Gasteiger partial charge in [-0.25, -0.2) is 4.90 Å². The molecule has 2 unspecified atom stereocenters. The van der Waals surface area contributed by atoms with Crippen LogP contribution < -0.4 is 5.73 Å². The molecule has 1 aliphatic heterocycles. The predicted molar refractivity (Wildman–Crippen MR) is 108 cm³/mol. The Morgan fingerprint density at radius 3 is 1.97 bits per heavy atom. The molecule has 0 aromatic heterocycles. The molecular formula is C23H25N2O4. The fraction of sp³-hybridized carbons (Fsp3) is 0.348. The van der Waals surface area contributed by atoms with Crippen LogP contribution in [-0.2, 0) is 16.0 Å². The summed E-state index contributed by atoms with van der Waals surface area (Å²) in [6.07, 6.45) is -0.526. The van der Waals surface area contributed by atoms with E-state index in [4.69, 9.17) is 10.5 Å². The number of rotatable bonds is 7. The van der Waals surface area contributed by atoms with Gasteiger partial charge >= 0.3 is 0 Å². The van der Waals surface area contributed by atoms with Crippen LogP contribution in [0.5, 0.6) is 0 Å². The first-order valence-electron chi connectivity index (χ1n) is 9.61. The summed E-state index contributed by atoms with van der Waals surface area (Å²) in [5.74, 6) is -2.31. The monoisotopic (exact) mass is 393 g/mol. The van der Waals surface area contributed by atoms with Crippen molar-refractivity contribution in [3.8, 4) is 0 Å². The summed E-state index contributed by atoms with van der Waals surface area (Å²) in [5.41, 5.74) is 8.65. The summed E-state index contributed by atoms with van der Waals surface area (Å²) < 4.78 is 6.06. The SMILES string of the molecule is CC(C)(C)OC(CC(Cc1ccccc1)C([NH])=O)N1C(=O)c2ccccc2C1=O. The third-order valence-electron chi connectivity index (χ3n) is 4.78. The average molecular weight is 393 g/mol. The summed E-state index contributed by atoms with van der Waals surface area (Å²) in [7, 11) is 0. The lowest BCUT2D eigenvalue weighted by Crippen LogP contribution is -2.47. The fourth-order valence-electron chi connectivity index (χ4n) is 3.51. The lowest BCUT2D eigenvalue weighted by Gasteiger charge is -2.34. The molecule has 151 valence electrons. The Hall–Kier alpha value is -2.99. The number of carbonyl (C=O) groups excluding carboxylic acids is 3. The molecule has 1 N–H and O–H groups in total. The van der Waals surface area contributed by atoms with Crippen molar-refractivity contribution >= 4 is 17.7 Å². The van der Waals surface area contributed by atoms with Crippen LogP contribution in [0.3, 0.4) is 0 Å². The molecule has 1 radical (unpaired) electrons. The Kier molecular flexibility index (Phi) is 5.84. The standard InChI is InChI=1S/C23H25N2O4/c1-23(2,3)29-19(14-16(20(24)26)13-15-9-5-4-6-10-15)25-21(27)17-11-7-8-12-18(17)22(25)28/h4-12,16,19,24H,13-14H2,1-3H3. The third-order valence-corrected chi connectivity index (χ3v) is 4.78. The maximum atomic E-state index is 12.9. The van der Waals surface area contributed by atoms with Crippen LogP contribution in [0.4, 0.5) is 0 Å². The number of benzene rings is 2. The number of ether oxygens (including phenoxy) is 1. The van der Waals surface area contributed by atoms with Crippen molar-refractivity contribution in [3.05, 3.63) is 71.3 Å². The van der Waals surface area contributed by atoms with Gasteiger partial charge in [0.25, 0.3) is 11.8 Å². The van der Waals surface area contributed by atoms with E-state index in [9.17, 15) is 14.4 Å². The molecule has 3 rings (SSSR count). The third kappa shape index (κ3) is 4.71. The smallest absolute Gasteiger partial charge is 0.263 e. The van der Waals surface area contributed by atoms with E-state index in [2.05, 4.69) is 0 Å². The van der Waals surface area contributed by atoms with E-state index in [1.54, 1.807) is 24.3 Å². The highest BCUT2D eigenvalue weighted by Crippen LogP contribution is 2.30. The first-order chi connectivity index (χ1) is 13.7. The van der Waals surface area contributed by atoms with Crippen molar-refractivity contribution in [2.24, 2.45) is 5.92 Å². The van der Waals surface area contributed by atoms with E-state index in [-0.39, 0.29) is 6.42 Å². The normalized spacial score (nSPS) is 15.9. The minimum absolute atomic E-state index is 0.0694. The zero-order valence-corrected chi connectivity index (χ0v) is 16.8. The number of fused-ring (bicyclic) bond motifs is 1. The molecule has 1 heterocycles. The second-order valence-electron chi connectivity index (χ2n) is 8.20. The van der Waals surface area contributed by atoms with E-state index < -0.39 is 35.5 Å². The van der Waals surface area contributed by atoms with Crippen LogP contribution in [0.25, 0.3) is 0 Å². The summed E-state index contributed by atoms with van der Waals surface area (Å²) in [5, 5.41) is 0. The Bertz CT molecular complexity index is 883. The second kappa shape index (κ2) is 8.17. The minimum atomic E-state index is -0.939. The zero-order valence-electron chi connectivity index (χ0n) is 16.8. The molecule has 0 bridgehead atoms. The number of imide groups is 1. The van der Waals surface area contributed by atoms with Crippen LogP contribution >= 0.6 is 0 Å². The molecular weight excluding hydrogens is 368 g/mol. The molecule has 29 heavy (non-hydrogen) atoms. The summed E-state index contributed by atoms with van der Waals surface area (Å²) >= 11 is 0. The first-order valence-corrected chi connectivity index (χ1v) is 9.61.